The molecule has 0 amide bonds. The molecule has 2 aromatic carbocycles. The first-order chi connectivity index (χ1) is 9.19. The molecule has 3 heteroatoms. The molecule has 0 N–H and O–H groups in total. The second-order valence-electron chi connectivity index (χ2n) is 4.00. The first-order valence-corrected chi connectivity index (χ1v) is 6.60. The van der Waals surface area contributed by atoms with Gasteiger partial charge < -0.3 is 4.74 Å². The van der Waals surface area contributed by atoms with E-state index in [0.29, 0.717) is 5.56 Å². The van der Waals surface area contributed by atoms with E-state index in [-0.39, 0.29) is 5.97 Å². The molecule has 0 fully saturated rings. The van der Waals surface area contributed by atoms with E-state index in [1.807, 2.05) is 48.6 Å². The molecular weight excluding hydrogens is 304 g/mol. The van der Waals surface area contributed by atoms with Gasteiger partial charge in [0.15, 0.2) is 0 Å². The Hall–Kier alpha value is -1.87. The van der Waals surface area contributed by atoms with Crippen LogP contribution in [0.25, 0.3) is 12.2 Å². The summed E-state index contributed by atoms with van der Waals surface area (Å²) in [4.78, 5) is 11.3. The fourth-order valence-corrected chi connectivity index (χ4v) is 1.88. The van der Waals surface area contributed by atoms with E-state index in [1.54, 1.807) is 12.1 Å². The molecule has 2 aromatic rings. The zero-order valence-corrected chi connectivity index (χ0v) is 12.1. The Labute approximate surface area is 120 Å². The van der Waals surface area contributed by atoms with E-state index in [1.165, 1.54) is 7.11 Å². The molecule has 2 rings (SSSR count). The molecule has 0 bridgehead atoms. The topological polar surface area (TPSA) is 26.3 Å². The maximum absolute atomic E-state index is 11.3. The number of esters is 1. The van der Waals surface area contributed by atoms with Crippen LogP contribution in [0.2, 0.25) is 0 Å². The second kappa shape index (κ2) is 6.34. The van der Waals surface area contributed by atoms with Crippen molar-refractivity contribution < 1.29 is 9.53 Å². The van der Waals surface area contributed by atoms with Gasteiger partial charge in [0.2, 0.25) is 0 Å². The fraction of sp³-hybridized carbons (Fsp3) is 0.0625. The lowest BCUT2D eigenvalue weighted by atomic mass is 10.1. The summed E-state index contributed by atoms with van der Waals surface area (Å²) in [6.45, 7) is 0. The summed E-state index contributed by atoms with van der Waals surface area (Å²) in [5.41, 5.74) is 2.72. The van der Waals surface area contributed by atoms with Crippen LogP contribution in [0, 0.1) is 0 Å². The third-order valence-corrected chi connectivity index (χ3v) is 3.20. The summed E-state index contributed by atoms with van der Waals surface area (Å²) in [5, 5.41) is 0. The van der Waals surface area contributed by atoms with E-state index in [9.17, 15) is 4.79 Å². The smallest absolute Gasteiger partial charge is 0.337 e. The molecule has 0 saturated heterocycles. The highest BCUT2D eigenvalue weighted by Crippen LogP contribution is 2.14. The van der Waals surface area contributed by atoms with Gasteiger partial charge in [0, 0.05) is 4.47 Å². The minimum absolute atomic E-state index is 0.316. The molecular formula is C16H13BrO2. The molecule has 0 heterocycles. The molecule has 0 atom stereocenters. The van der Waals surface area contributed by atoms with Gasteiger partial charge >= 0.3 is 5.97 Å². The van der Waals surface area contributed by atoms with Crippen molar-refractivity contribution >= 4 is 34.1 Å². The molecule has 96 valence electrons. The van der Waals surface area contributed by atoms with Gasteiger partial charge in [0.1, 0.15) is 0 Å². The molecule has 0 aliphatic heterocycles. The number of hydrogen-bond acceptors (Lipinski definition) is 2. The molecule has 0 aromatic heterocycles. The van der Waals surface area contributed by atoms with Crippen LogP contribution >= 0.6 is 15.9 Å². The average molecular weight is 317 g/mol. The van der Waals surface area contributed by atoms with E-state index in [2.05, 4.69) is 20.7 Å². The van der Waals surface area contributed by atoms with Crippen LogP contribution in [-0.4, -0.2) is 13.1 Å². The number of rotatable bonds is 3. The largest absolute Gasteiger partial charge is 0.465 e. The molecule has 0 spiro atoms. The molecule has 0 aliphatic carbocycles. The summed E-state index contributed by atoms with van der Waals surface area (Å²) >= 11 is 3.40. The molecule has 2 nitrogen and oxygen atoms in total. The maximum atomic E-state index is 11.3. The third-order valence-electron chi connectivity index (χ3n) is 2.67. The van der Waals surface area contributed by atoms with Crippen LogP contribution in [0.3, 0.4) is 0 Å². The average Bonchev–Trinajstić information content (AvgIpc) is 2.46. The number of hydrogen-bond donors (Lipinski definition) is 0. The molecule has 0 aliphatic rings. The Morgan fingerprint density at radius 3 is 1.89 bits per heavy atom. The zero-order chi connectivity index (χ0) is 13.7. The highest BCUT2D eigenvalue weighted by molar-refractivity contribution is 9.10. The standard InChI is InChI=1S/C16H13BrO2/c1-19-16(18)14-8-4-12(5-9-14)2-3-13-6-10-15(17)11-7-13/h2-11H,1H3/b3-2+. The van der Waals surface area contributed by atoms with Crippen molar-refractivity contribution in [1.82, 2.24) is 0 Å². The molecule has 0 saturated carbocycles. The van der Waals surface area contributed by atoms with E-state index in [4.69, 9.17) is 0 Å². The predicted octanol–water partition coefficient (Wildman–Crippen LogP) is 4.41. The minimum Gasteiger partial charge on any atom is -0.465 e. The summed E-state index contributed by atoms with van der Waals surface area (Å²) in [7, 11) is 1.38. The van der Waals surface area contributed by atoms with E-state index in [0.717, 1.165) is 15.6 Å². The van der Waals surface area contributed by atoms with Gasteiger partial charge in [0.05, 0.1) is 12.7 Å². The quantitative estimate of drug-likeness (QED) is 0.619. The maximum Gasteiger partial charge on any atom is 0.337 e. The SMILES string of the molecule is COC(=O)c1ccc(/C=C/c2ccc(Br)cc2)cc1. The molecule has 0 unspecified atom stereocenters. The summed E-state index contributed by atoms with van der Waals surface area (Å²) in [6.07, 6.45) is 4.03. The summed E-state index contributed by atoms with van der Waals surface area (Å²) < 4.78 is 5.72. The fourth-order valence-electron chi connectivity index (χ4n) is 1.61. The van der Waals surface area contributed by atoms with Gasteiger partial charge in [-0.3, -0.25) is 0 Å². The summed E-state index contributed by atoms with van der Waals surface area (Å²) in [5.74, 6) is -0.316. The lowest BCUT2D eigenvalue weighted by Gasteiger charge is -1.99. The number of carbonyl (C=O) groups excluding carboxylic acids is 1. The zero-order valence-electron chi connectivity index (χ0n) is 10.5. The van der Waals surface area contributed by atoms with Gasteiger partial charge in [-0.05, 0) is 35.4 Å². The second-order valence-corrected chi connectivity index (χ2v) is 4.91. The van der Waals surface area contributed by atoms with Gasteiger partial charge in [-0.15, -0.1) is 0 Å². The number of halogens is 1. The van der Waals surface area contributed by atoms with Crippen LogP contribution in [-0.2, 0) is 4.74 Å². The van der Waals surface area contributed by atoms with Crippen molar-refractivity contribution in [3.8, 4) is 0 Å². The molecule has 0 radical (unpaired) electrons. The Morgan fingerprint density at radius 2 is 1.42 bits per heavy atom. The van der Waals surface area contributed by atoms with Gasteiger partial charge in [-0.1, -0.05) is 52.3 Å². The Balaban J connectivity index is 2.11. The number of ether oxygens (including phenoxy) is 1. The van der Waals surface area contributed by atoms with Crippen molar-refractivity contribution in [1.29, 1.82) is 0 Å². The summed E-state index contributed by atoms with van der Waals surface area (Å²) in [6, 6.07) is 15.4. The van der Waals surface area contributed by atoms with Crippen molar-refractivity contribution in [2.24, 2.45) is 0 Å². The van der Waals surface area contributed by atoms with Gasteiger partial charge in [-0.25, -0.2) is 4.79 Å². The van der Waals surface area contributed by atoms with Crippen LogP contribution in [0.5, 0.6) is 0 Å². The predicted molar refractivity (Wildman–Crippen MR) is 80.9 cm³/mol. The number of benzene rings is 2. The van der Waals surface area contributed by atoms with Crippen molar-refractivity contribution in [3.63, 3.8) is 0 Å². The van der Waals surface area contributed by atoms with E-state index < -0.39 is 0 Å². The lowest BCUT2D eigenvalue weighted by molar-refractivity contribution is 0.0601. The highest BCUT2D eigenvalue weighted by Gasteiger charge is 2.02. The highest BCUT2D eigenvalue weighted by atomic mass is 79.9. The van der Waals surface area contributed by atoms with Crippen LogP contribution < -0.4 is 0 Å². The first kappa shape index (κ1) is 13.6. The number of methoxy groups -OCH3 is 1. The Morgan fingerprint density at radius 1 is 0.947 bits per heavy atom. The van der Waals surface area contributed by atoms with Gasteiger partial charge in [0.25, 0.3) is 0 Å². The normalized spacial score (nSPS) is 10.6. The minimum atomic E-state index is -0.316. The lowest BCUT2D eigenvalue weighted by Crippen LogP contribution is -2.00. The van der Waals surface area contributed by atoms with Crippen molar-refractivity contribution in [3.05, 3.63) is 69.7 Å². The van der Waals surface area contributed by atoms with Crippen molar-refractivity contribution in [2.75, 3.05) is 7.11 Å². The first-order valence-electron chi connectivity index (χ1n) is 5.81. The van der Waals surface area contributed by atoms with Crippen LogP contribution in [0.15, 0.2) is 53.0 Å². The van der Waals surface area contributed by atoms with Gasteiger partial charge in [-0.2, -0.15) is 0 Å². The molecule has 19 heavy (non-hydrogen) atoms. The monoisotopic (exact) mass is 316 g/mol. The van der Waals surface area contributed by atoms with Crippen LogP contribution in [0.4, 0.5) is 0 Å². The van der Waals surface area contributed by atoms with Crippen molar-refractivity contribution in [2.45, 2.75) is 0 Å². The Kier molecular flexibility index (Phi) is 4.53. The Bertz CT molecular complexity index is 583. The third kappa shape index (κ3) is 3.80. The van der Waals surface area contributed by atoms with Crippen LogP contribution in [0.1, 0.15) is 21.5 Å². The van der Waals surface area contributed by atoms with E-state index >= 15 is 0 Å². The number of carbonyl (C=O) groups is 1.